The van der Waals surface area contributed by atoms with E-state index in [2.05, 4.69) is 10.3 Å². The molecule has 1 amide bonds. The first-order chi connectivity index (χ1) is 15.0. The normalized spacial score (nSPS) is 15.4. The van der Waals surface area contributed by atoms with Gasteiger partial charge in [0.2, 0.25) is 15.9 Å². The average molecular weight is 458 g/mol. The number of carbonyl (C=O) groups is 1. The number of methoxy groups -OCH3 is 1. The summed E-state index contributed by atoms with van der Waals surface area (Å²) in [5.41, 5.74) is 1.42. The van der Waals surface area contributed by atoms with Crippen molar-refractivity contribution in [3.8, 4) is 5.75 Å². The predicted molar refractivity (Wildman–Crippen MR) is 123 cm³/mol. The number of aromatic nitrogens is 1. The lowest BCUT2D eigenvalue weighted by atomic mass is 10.2. The second-order valence-electron chi connectivity index (χ2n) is 7.18. The van der Waals surface area contributed by atoms with Crippen molar-refractivity contribution in [2.75, 3.05) is 25.5 Å². The van der Waals surface area contributed by atoms with Crippen molar-refractivity contribution in [3.63, 3.8) is 0 Å². The smallest absolute Gasteiger partial charge is 0.250 e. The van der Waals surface area contributed by atoms with E-state index in [0.29, 0.717) is 29.5 Å². The molecule has 3 aromatic rings. The van der Waals surface area contributed by atoms with Gasteiger partial charge in [0.05, 0.1) is 17.3 Å². The summed E-state index contributed by atoms with van der Waals surface area (Å²) in [7, 11) is -2.21. The predicted octanol–water partition coefficient (Wildman–Crippen LogP) is 4.13. The number of hydrogen-bond donors (Lipinski definition) is 1. The minimum absolute atomic E-state index is 0.116. The van der Waals surface area contributed by atoms with Crippen LogP contribution in [0, 0.1) is 0 Å². The zero-order valence-corrected chi connectivity index (χ0v) is 18.7. The van der Waals surface area contributed by atoms with Crippen molar-refractivity contribution in [1.82, 2.24) is 9.29 Å². The molecule has 7 nitrogen and oxygen atoms in total. The summed E-state index contributed by atoms with van der Waals surface area (Å²) < 4.78 is 34.0. The van der Waals surface area contributed by atoms with Crippen LogP contribution in [0.5, 0.6) is 5.75 Å². The lowest BCUT2D eigenvalue weighted by Crippen LogP contribution is -2.35. The number of ether oxygens (including phenoxy) is 1. The lowest BCUT2D eigenvalue weighted by molar-refractivity contribution is -0.111. The second kappa shape index (κ2) is 9.17. The lowest BCUT2D eigenvalue weighted by Gasteiger charge is -2.26. The van der Waals surface area contributed by atoms with Gasteiger partial charge in [0.1, 0.15) is 10.6 Å². The van der Waals surface area contributed by atoms with Crippen LogP contribution in [0.2, 0.25) is 0 Å². The summed E-state index contributed by atoms with van der Waals surface area (Å²) in [5, 5.41) is 3.26. The second-order valence-corrected chi connectivity index (χ2v) is 10.1. The van der Waals surface area contributed by atoms with E-state index >= 15 is 0 Å². The summed E-state index contributed by atoms with van der Waals surface area (Å²) in [6.07, 6.45) is 5.69. The molecule has 1 N–H and O–H groups in total. The molecule has 0 bridgehead atoms. The Balaban J connectivity index is 1.53. The molecule has 0 radical (unpaired) electrons. The number of nitrogens with one attached hydrogen (secondary N) is 1. The molecule has 2 heterocycles. The van der Waals surface area contributed by atoms with Crippen LogP contribution in [-0.2, 0) is 14.8 Å². The molecular formula is C22H23N3O4S2. The monoisotopic (exact) mass is 457 g/mol. The molecule has 0 aliphatic carbocycles. The maximum atomic E-state index is 13.1. The summed E-state index contributed by atoms with van der Waals surface area (Å²) in [6, 6.07) is 12.5. The van der Waals surface area contributed by atoms with Crippen LogP contribution in [0.25, 0.3) is 16.3 Å². The van der Waals surface area contributed by atoms with E-state index < -0.39 is 10.0 Å². The zero-order valence-electron chi connectivity index (χ0n) is 17.1. The highest BCUT2D eigenvalue weighted by Gasteiger charge is 2.29. The number of para-hydroxylation sites is 1. The standard InChI is InChI=1S/C22H23N3O4S2/c1-29-18-11-9-16(15-20(18)31(27,28)25-13-5-2-6-14-25)10-12-21(26)24-22-23-17-7-3-4-8-19(17)30-22/h3-4,7-12,15H,2,5-6,13-14H2,1H3,(H,23,24,26). The van der Waals surface area contributed by atoms with Gasteiger partial charge in [-0.15, -0.1) is 0 Å². The van der Waals surface area contributed by atoms with Crippen molar-refractivity contribution in [3.05, 3.63) is 54.1 Å². The first-order valence-corrected chi connectivity index (χ1v) is 12.3. The third kappa shape index (κ3) is 4.79. The molecule has 0 spiro atoms. The van der Waals surface area contributed by atoms with Crippen LogP contribution in [0.15, 0.2) is 53.4 Å². The van der Waals surface area contributed by atoms with E-state index in [0.717, 1.165) is 29.5 Å². The van der Waals surface area contributed by atoms with Crippen LogP contribution < -0.4 is 10.1 Å². The Morgan fingerprint density at radius 2 is 1.94 bits per heavy atom. The quantitative estimate of drug-likeness (QED) is 0.562. The Bertz CT molecular complexity index is 1200. The van der Waals surface area contributed by atoms with Crippen molar-refractivity contribution in [2.24, 2.45) is 0 Å². The van der Waals surface area contributed by atoms with Crippen LogP contribution >= 0.6 is 11.3 Å². The maximum absolute atomic E-state index is 13.1. The van der Waals surface area contributed by atoms with E-state index in [4.69, 9.17) is 4.74 Å². The van der Waals surface area contributed by atoms with Crippen molar-refractivity contribution in [1.29, 1.82) is 0 Å². The molecule has 1 aliphatic heterocycles. The first kappa shape index (κ1) is 21.5. The Kier molecular flexibility index (Phi) is 6.35. The average Bonchev–Trinajstić information content (AvgIpc) is 3.20. The van der Waals surface area contributed by atoms with Gasteiger partial charge < -0.3 is 4.74 Å². The van der Waals surface area contributed by atoms with Gasteiger partial charge in [0, 0.05) is 19.2 Å². The fourth-order valence-corrected chi connectivity index (χ4v) is 6.06. The molecule has 31 heavy (non-hydrogen) atoms. The third-order valence-electron chi connectivity index (χ3n) is 5.07. The van der Waals surface area contributed by atoms with Crippen LogP contribution in [0.3, 0.4) is 0 Å². The Labute approximate surface area is 185 Å². The molecule has 162 valence electrons. The topological polar surface area (TPSA) is 88.6 Å². The Morgan fingerprint density at radius 3 is 2.68 bits per heavy atom. The fraction of sp³-hybridized carbons (Fsp3) is 0.273. The van der Waals surface area contributed by atoms with Gasteiger partial charge in [0.15, 0.2) is 5.13 Å². The highest BCUT2D eigenvalue weighted by molar-refractivity contribution is 7.89. The van der Waals surface area contributed by atoms with Gasteiger partial charge in [-0.05, 0) is 48.7 Å². The number of sulfonamides is 1. The number of thiazole rings is 1. The maximum Gasteiger partial charge on any atom is 0.250 e. The fourth-order valence-electron chi connectivity index (χ4n) is 3.49. The van der Waals surface area contributed by atoms with Gasteiger partial charge in [-0.25, -0.2) is 13.4 Å². The molecule has 1 fully saturated rings. The van der Waals surface area contributed by atoms with Gasteiger partial charge in [0.25, 0.3) is 0 Å². The van der Waals surface area contributed by atoms with E-state index in [1.165, 1.54) is 28.8 Å². The first-order valence-electron chi connectivity index (χ1n) is 10.0. The third-order valence-corrected chi connectivity index (χ3v) is 7.94. The molecular weight excluding hydrogens is 434 g/mol. The number of rotatable bonds is 6. The molecule has 1 aromatic heterocycles. The number of fused-ring (bicyclic) bond motifs is 1. The van der Waals surface area contributed by atoms with Crippen molar-refractivity contribution >= 4 is 48.7 Å². The summed E-state index contributed by atoms with van der Waals surface area (Å²) in [5.74, 6) is -0.0445. The SMILES string of the molecule is COc1ccc(C=CC(=O)Nc2nc3ccccc3s2)cc1S(=O)(=O)N1CCCCC1. The number of amides is 1. The molecule has 1 aliphatic rings. The Morgan fingerprint density at radius 1 is 1.16 bits per heavy atom. The van der Waals surface area contributed by atoms with E-state index in [1.54, 1.807) is 24.3 Å². The largest absolute Gasteiger partial charge is 0.495 e. The highest BCUT2D eigenvalue weighted by atomic mass is 32.2. The molecule has 2 aromatic carbocycles. The Hall–Kier alpha value is -2.75. The van der Waals surface area contributed by atoms with Crippen LogP contribution in [-0.4, -0.2) is 43.8 Å². The van der Waals surface area contributed by atoms with Crippen molar-refractivity contribution < 1.29 is 17.9 Å². The molecule has 0 atom stereocenters. The summed E-state index contributed by atoms with van der Waals surface area (Å²) in [6.45, 7) is 1.02. The summed E-state index contributed by atoms with van der Waals surface area (Å²) >= 11 is 1.40. The molecule has 0 unspecified atom stereocenters. The number of carbonyl (C=O) groups excluding carboxylic acids is 1. The summed E-state index contributed by atoms with van der Waals surface area (Å²) in [4.78, 5) is 16.8. The number of hydrogen-bond acceptors (Lipinski definition) is 6. The van der Waals surface area contributed by atoms with E-state index in [-0.39, 0.29) is 10.8 Å². The van der Waals surface area contributed by atoms with Crippen molar-refractivity contribution in [2.45, 2.75) is 24.2 Å². The molecule has 9 heteroatoms. The van der Waals surface area contributed by atoms with E-state index in [9.17, 15) is 13.2 Å². The molecule has 0 saturated carbocycles. The highest BCUT2D eigenvalue weighted by Crippen LogP contribution is 2.30. The zero-order chi connectivity index (χ0) is 21.8. The molecule has 1 saturated heterocycles. The number of anilines is 1. The van der Waals surface area contributed by atoms with E-state index in [1.807, 2.05) is 24.3 Å². The van der Waals surface area contributed by atoms with Gasteiger partial charge >= 0.3 is 0 Å². The van der Waals surface area contributed by atoms with Crippen LogP contribution in [0.1, 0.15) is 24.8 Å². The number of piperidine rings is 1. The van der Waals surface area contributed by atoms with Crippen LogP contribution in [0.4, 0.5) is 5.13 Å². The minimum Gasteiger partial charge on any atom is -0.495 e. The number of nitrogens with zero attached hydrogens (tertiary/aromatic N) is 2. The molecule has 4 rings (SSSR count). The number of benzene rings is 2. The van der Waals surface area contributed by atoms with Gasteiger partial charge in [-0.1, -0.05) is 36.0 Å². The van der Waals surface area contributed by atoms with Gasteiger partial charge in [-0.3, -0.25) is 10.1 Å². The minimum atomic E-state index is -3.66. The van der Waals surface area contributed by atoms with Gasteiger partial charge in [-0.2, -0.15) is 4.31 Å².